The lowest BCUT2D eigenvalue weighted by Gasteiger charge is -2.24. The Labute approximate surface area is 82.3 Å². The molecule has 0 unspecified atom stereocenters. The van der Waals surface area contributed by atoms with Gasteiger partial charge in [-0.1, -0.05) is 12.1 Å². The van der Waals surface area contributed by atoms with E-state index in [1.165, 1.54) is 14.0 Å². The van der Waals surface area contributed by atoms with E-state index in [4.69, 9.17) is 4.74 Å². The smallest absolute Gasteiger partial charge is 0.161 e. The number of benzene rings is 1. The Kier molecular flexibility index (Phi) is 2.76. The average molecular weight is 195 g/mol. The molecule has 3 N–H and O–H groups in total. The minimum atomic E-state index is -1.29. The fourth-order valence-electron chi connectivity index (χ4n) is 1.21. The molecule has 76 valence electrons. The van der Waals surface area contributed by atoms with Crippen molar-refractivity contribution in [2.45, 2.75) is 12.5 Å². The van der Waals surface area contributed by atoms with Gasteiger partial charge < -0.3 is 20.4 Å². The summed E-state index contributed by atoms with van der Waals surface area (Å²) in [7, 11) is 1.49. The molecule has 4 nitrogen and oxygen atoms in total. The number of carbonyl (C=O) groups excluding carboxylic acids is 1. The maximum Gasteiger partial charge on any atom is 0.161 e. The largest absolute Gasteiger partial charge is 0.543 e. The van der Waals surface area contributed by atoms with Crippen molar-refractivity contribution < 1.29 is 20.4 Å². The fourth-order valence-corrected chi connectivity index (χ4v) is 1.21. The molecule has 1 aromatic rings. The number of quaternary nitrogens is 1. The van der Waals surface area contributed by atoms with Crippen LogP contribution in [0.4, 0.5) is 0 Å². The first-order valence-electron chi connectivity index (χ1n) is 4.20. The van der Waals surface area contributed by atoms with E-state index in [1.54, 1.807) is 24.3 Å². The van der Waals surface area contributed by atoms with Gasteiger partial charge >= 0.3 is 0 Å². The second-order valence-corrected chi connectivity index (χ2v) is 3.32. The minimum absolute atomic E-state index is 0.509. The highest BCUT2D eigenvalue weighted by atomic mass is 16.5. The molecule has 0 spiro atoms. The molecule has 0 aliphatic heterocycles. The van der Waals surface area contributed by atoms with Crippen LogP contribution in [0.25, 0.3) is 0 Å². The molecule has 14 heavy (non-hydrogen) atoms. The van der Waals surface area contributed by atoms with Gasteiger partial charge in [0, 0.05) is 6.92 Å². The number of hydrogen-bond acceptors (Lipinski definition) is 3. The number of hydrogen-bond donors (Lipinski definition) is 1. The van der Waals surface area contributed by atoms with Gasteiger partial charge in [-0.15, -0.1) is 0 Å². The van der Waals surface area contributed by atoms with Crippen LogP contribution in [0.2, 0.25) is 0 Å². The van der Waals surface area contributed by atoms with E-state index in [0.29, 0.717) is 11.3 Å². The molecule has 1 rings (SSSR count). The number of rotatable bonds is 3. The first kappa shape index (κ1) is 10.5. The number of para-hydroxylation sites is 1. The van der Waals surface area contributed by atoms with Gasteiger partial charge in [0.25, 0.3) is 0 Å². The van der Waals surface area contributed by atoms with Crippen LogP contribution >= 0.6 is 0 Å². The third-order valence-electron chi connectivity index (χ3n) is 2.15. The maximum atomic E-state index is 10.9. The van der Waals surface area contributed by atoms with Gasteiger partial charge in [0.1, 0.15) is 11.7 Å². The monoisotopic (exact) mass is 195 g/mol. The Hall–Kier alpha value is -1.55. The van der Waals surface area contributed by atoms with E-state index in [0.717, 1.165) is 0 Å². The predicted molar refractivity (Wildman–Crippen MR) is 48.2 cm³/mol. The quantitative estimate of drug-likeness (QED) is 0.665. The van der Waals surface area contributed by atoms with Crippen LogP contribution in [-0.4, -0.2) is 13.1 Å². The topological polar surface area (TPSA) is 77.0 Å². The minimum Gasteiger partial charge on any atom is -0.543 e. The lowest BCUT2D eigenvalue weighted by Crippen LogP contribution is -2.75. The van der Waals surface area contributed by atoms with E-state index in [-0.39, 0.29) is 0 Å². The van der Waals surface area contributed by atoms with Crippen LogP contribution in [0.15, 0.2) is 24.3 Å². The maximum absolute atomic E-state index is 10.9. The van der Waals surface area contributed by atoms with E-state index < -0.39 is 11.5 Å². The van der Waals surface area contributed by atoms with Gasteiger partial charge in [-0.05, 0) is 12.1 Å². The van der Waals surface area contributed by atoms with Crippen LogP contribution in [0.5, 0.6) is 5.75 Å². The first-order chi connectivity index (χ1) is 6.50. The molecular formula is C10H13NO3. The molecule has 0 radical (unpaired) electrons. The third-order valence-corrected chi connectivity index (χ3v) is 2.15. The number of aliphatic carboxylic acids is 1. The number of ether oxygens (including phenoxy) is 1. The summed E-state index contributed by atoms with van der Waals surface area (Å²) in [5.74, 6) is -0.712. The second-order valence-electron chi connectivity index (χ2n) is 3.32. The second kappa shape index (κ2) is 3.67. The molecule has 0 heterocycles. The average Bonchev–Trinajstić information content (AvgIpc) is 2.17. The third kappa shape index (κ3) is 1.70. The molecular weight excluding hydrogens is 182 g/mol. The Morgan fingerprint density at radius 2 is 2.07 bits per heavy atom. The van der Waals surface area contributed by atoms with Crippen molar-refractivity contribution >= 4 is 5.97 Å². The van der Waals surface area contributed by atoms with Crippen molar-refractivity contribution in [2.75, 3.05) is 7.11 Å². The fraction of sp³-hybridized carbons (Fsp3) is 0.300. The predicted octanol–water partition coefficient (Wildman–Crippen LogP) is -1.10. The summed E-state index contributed by atoms with van der Waals surface area (Å²) in [5.41, 5.74) is 2.84. The van der Waals surface area contributed by atoms with E-state index in [9.17, 15) is 9.90 Å². The van der Waals surface area contributed by atoms with Gasteiger partial charge in [-0.3, -0.25) is 0 Å². The van der Waals surface area contributed by atoms with Crippen molar-refractivity contribution in [1.29, 1.82) is 0 Å². The molecule has 0 fully saturated rings. The molecule has 4 heteroatoms. The summed E-state index contributed by atoms with van der Waals surface area (Å²) in [5, 5.41) is 10.9. The van der Waals surface area contributed by atoms with Gasteiger partial charge in [0.2, 0.25) is 0 Å². The number of carboxylic acids is 1. The Morgan fingerprint density at radius 3 is 2.57 bits per heavy atom. The zero-order valence-electron chi connectivity index (χ0n) is 8.24. The summed E-state index contributed by atoms with van der Waals surface area (Å²) < 4.78 is 5.05. The standard InChI is InChI=1S/C10H13NO3/c1-10(11,9(12)13)7-5-3-4-6-8(7)14-2/h3-6H,11H2,1-2H3,(H,12,13)/t10-/m0/s1. The van der Waals surface area contributed by atoms with Gasteiger partial charge in [-0.2, -0.15) is 0 Å². The molecule has 0 saturated heterocycles. The van der Waals surface area contributed by atoms with Gasteiger partial charge in [-0.25, -0.2) is 0 Å². The summed E-state index contributed by atoms with van der Waals surface area (Å²) >= 11 is 0. The highest BCUT2D eigenvalue weighted by Crippen LogP contribution is 2.25. The van der Waals surface area contributed by atoms with Crippen molar-refractivity contribution in [3.8, 4) is 5.75 Å². The Bertz CT molecular complexity index is 347. The highest BCUT2D eigenvalue weighted by molar-refractivity contribution is 5.77. The van der Waals surface area contributed by atoms with Crippen LogP contribution < -0.4 is 15.6 Å². The Morgan fingerprint density at radius 1 is 1.50 bits per heavy atom. The molecule has 0 amide bonds. The summed E-state index contributed by atoms with van der Waals surface area (Å²) in [6.07, 6.45) is 0. The van der Waals surface area contributed by atoms with Crippen LogP contribution in [0.1, 0.15) is 12.5 Å². The molecule has 0 aromatic heterocycles. The molecule has 0 bridgehead atoms. The number of carboxylic acid groups (broad SMARTS) is 1. The van der Waals surface area contributed by atoms with E-state index in [2.05, 4.69) is 5.73 Å². The normalized spacial score (nSPS) is 14.5. The summed E-state index contributed by atoms with van der Waals surface area (Å²) in [6.45, 7) is 1.49. The highest BCUT2D eigenvalue weighted by Gasteiger charge is 2.30. The van der Waals surface area contributed by atoms with Crippen LogP contribution in [0, 0.1) is 0 Å². The first-order valence-corrected chi connectivity index (χ1v) is 4.20. The Balaban J connectivity index is 3.24. The van der Waals surface area contributed by atoms with Gasteiger partial charge in [0.05, 0.1) is 12.7 Å². The number of methoxy groups -OCH3 is 1. The lowest BCUT2D eigenvalue weighted by atomic mass is 9.92. The van der Waals surface area contributed by atoms with Gasteiger partial charge in [0.15, 0.2) is 5.54 Å². The van der Waals surface area contributed by atoms with Crippen LogP contribution in [-0.2, 0) is 10.3 Å². The van der Waals surface area contributed by atoms with E-state index in [1.807, 2.05) is 0 Å². The van der Waals surface area contributed by atoms with E-state index >= 15 is 0 Å². The van der Waals surface area contributed by atoms with Crippen molar-refractivity contribution in [3.63, 3.8) is 0 Å². The summed E-state index contributed by atoms with van der Waals surface area (Å²) in [6, 6.07) is 6.88. The molecule has 0 aliphatic rings. The van der Waals surface area contributed by atoms with Crippen molar-refractivity contribution in [3.05, 3.63) is 29.8 Å². The molecule has 1 aromatic carbocycles. The van der Waals surface area contributed by atoms with Crippen molar-refractivity contribution in [2.24, 2.45) is 0 Å². The lowest BCUT2D eigenvalue weighted by molar-refractivity contribution is -0.489. The zero-order valence-corrected chi connectivity index (χ0v) is 8.24. The molecule has 1 atom stereocenters. The van der Waals surface area contributed by atoms with Crippen LogP contribution in [0.3, 0.4) is 0 Å². The van der Waals surface area contributed by atoms with Crippen molar-refractivity contribution in [1.82, 2.24) is 0 Å². The zero-order chi connectivity index (χ0) is 10.8. The molecule has 0 aliphatic carbocycles. The number of carbonyl (C=O) groups is 1. The SMILES string of the molecule is COc1ccccc1[C@](C)([NH3+])C(=O)[O-]. The molecule has 0 saturated carbocycles. The summed E-state index contributed by atoms with van der Waals surface area (Å²) in [4.78, 5) is 10.9.